The zero-order valence-electron chi connectivity index (χ0n) is 19.6. The minimum absolute atomic E-state index is 0.0627. The summed E-state index contributed by atoms with van der Waals surface area (Å²) in [7, 11) is 0. The second-order valence-corrected chi connectivity index (χ2v) is 9.47. The molecule has 2 heterocycles. The van der Waals surface area contributed by atoms with Gasteiger partial charge in [-0.15, -0.1) is 5.10 Å². The van der Waals surface area contributed by atoms with Crippen LogP contribution in [0.5, 0.6) is 0 Å². The van der Waals surface area contributed by atoms with E-state index < -0.39 is 24.9 Å². The van der Waals surface area contributed by atoms with Crippen molar-refractivity contribution in [3.8, 4) is 11.6 Å². The van der Waals surface area contributed by atoms with Crippen LogP contribution in [-0.4, -0.2) is 50.3 Å². The maximum Gasteiger partial charge on any atom is 0.405 e. The third-order valence-electron chi connectivity index (χ3n) is 5.52. The van der Waals surface area contributed by atoms with Gasteiger partial charge >= 0.3 is 12.2 Å². The number of hydrogen-bond donors (Lipinski definition) is 4. The summed E-state index contributed by atoms with van der Waals surface area (Å²) >= 11 is 0. The molecule has 0 radical (unpaired) electrons. The van der Waals surface area contributed by atoms with Gasteiger partial charge in [0.2, 0.25) is 0 Å². The van der Waals surface area contributed by atoms with Crippen LogP contribution in [0.3, 0.4) is 0 Å². The van der Waals surface area contributed by atoms with Crippen LogP contribution in [0, 0.1) is 6.92 Å². The molecule has 0 bridgehead atoms. The third kappa shape index (κ3) is 6.35. The number of anilines is 2. The summed E-state index contributed by atoms with van der Waals surface area (Å²) in [5, 5.41) is 28.2. The van der Waals surface area contributed by atoms with Crippen molar-refractivity contribution in [3.63, 3.8) is 0 Å². The maximum atomic E-state index is 12.6. The van der Waals surface area contributed by atoms with Crippen LogP contribution in [-0.2, 0) is 5.41 Å². The number of alkyl halides is 3. The molecule has 0 spiro atoms. The van der Waals surface area contributed by atoms with Gasteiger partial charge in [-0.1, -0.05) is 25.9 Å². The second kappa shape index (κ2) is 9.75. The van der Waals surface area contributed by atoms with Gasteiger partial charge in [0.1, 0.15) is 12.2 Å². The van der Waals surface area contributed by atoms with E-state index in [2.05, 4.69) is 20.5 Å². The Morgan fingerprint density at radius 2 is 1.74 bits per heavy atom. The van der Waals surface area contributed by atoms with Crippen molar-refractivity contribution < 1.29 is 27.8 Å². The Bertz CT molecular complexity index is 1130. The van der Waals surface area contributed by atoms with E-state index in [-0.39, 0.29) is 17.3 Å². The van der Waals surface area contributed by atoms with Crippen molar-refractivity contribution in [2.75, 3.05) is 17.6 Å². The number of benzene rings is 1. The third-order valence-corrected chi connectivity index (χ3v) is 5.52. The standard InChI is InChI=1S/C18H20F3N5O.C5H10O2/c1-9-5-13(15-25-26-16(22)27-15)24-14-11(9)6-10(23-8-18(19,20)21)7-12(14)17(2,3)4;6-4-2-1-3-5(4)7/h5-7,23H,8H2,1-4H3,(H2,22,26);4-7H,1-3H2. The highest BCUT2D eigenvalue weighted by Crippen LogP contribution is 2.35. The predicted molar refractivity (Wildman–Crippen MR) is 123 cm³/mol. The molecular formula is C23H30F3N5O3. The van der Waals surface area contributed by atoms with Crippen molar-refractivity contribution in [2.45, 2.75) is 70.8 Å². The van der Waals surface area contributed by atoms with Crippen LogP contribution in [0.4, 0.5) is 24.9 Å². The second-order valence-electron chi connectivity index (χ2n) is 9.47. The van der Waals surface area contributed by atoms with Crippen LogP contribution >= 0.6 is 0 Å². The monoisotopic (exact) mass is 481 g/mol. The van der Waals surface area contributed by atoms with E-state index in [1.165, 1.54) is 0 Å². The Balaban J connectivity index is 0.000000396. The molecule has 0 aliphatic heterocycles. The first-order valence-corrected chi connectivity index (χ1v) is 11.0. The quantitative estimate of drug-likeness (QED) is 0.435. The number of nitrogens with one attached hydrogen (secondary N) is 1. The Morgan fingerprint density at radius 3 is 2.21 bits per heavy atom. The van der Waals surface area contributed by atoms with E-state index in [0.29, 0.717) is 16.9 Å². The van der Waals surface area contributed by atoms with E-state index >= 15 is 0 Å². The number of nitrogen functional groups attached to an aromatic ring is 1. The molecule has 1 aliphatic rings. The Morgan fingerprint density at radius 1 is 1.09 bits per heavy atom. The summed E-state index contributed by atoms with van der Waals surface area (Å²) in [5.41, 5.74) is 8.30. The number of halogens is 3. The smallest absolute Gasteiger partial charge is 0.402 e. The van der Waals surface area contributed by atoms with Crippen LogP contribution in [0.25, 0.3) is 22.5 Å². The molecule has 2 atom stereocenters. The van der Waals surface area contributed by atoms with Crippen molar-refractivity contribution in [1.29, 1.82) is 0 Å². The zero-order chi connectivity index (χ0) is 25.3. The van der Waals surface area contributed by atoms with Crippen LogP contribution in [0.15, 0.2) is 22.6 Å². The molecule has 1 fully saturated rings. The normalized spacial score (nSPS) is 18.6. The van der Waals surface area contributed by atoms with Gasteiger partial charge in [0, 0.05) is 11.1 Å². The van der Waals surface area contributed by atoms with Crippen molar-refractivity contribution >= 4 is 22.6 Å². The Labute approximate surface area is 195 Å². The molecule has 8 nitrogen and oxygen atoms in total. The minimum Gasteiger partial charge on any atom is -0.402 e. The van der Waals surface area contributed by atoms with Gasteiger partial charge in [0.15, 0.2) is 0 Å². The van der Waals surface area contributed by atoms with Crippen LogP contribution in [0.1, 0.15) is 51.2 Å². The molecule has 34 heavy (non-hydrogen) atoms. The summed E-state index contributed by atoms with van der Waals surface area (Å²) in [6, 6.07) is 5.05. The summed E-state index contributed by atoms with van der Waals surface area (Å²) in [6.45, 7) is 6.68. The highest BCUT2D eigenvalue weighted by atomic mass is 19.4. The van der Waals surface area contributed by atoms with Crippen molar-refractivity contribution in [2.24, 2.45) is 0 Å². The van der Waals surface area contributed by atoms with Gasteiger partial charge in [0.05, 0.1) is 17.7 Å². The van der Waals surface area contributed by atoms with Gasteiger partial charge < -0.3 is 25.7 Å². The van der Waals surface area contributed by atoms with Gasteiger partial charge in [0.25, 0.3) is 5.89 Å². The minimum atomic E-state index is -4.30. The molecule has 1 aliphatic carbocycles. The van der Waals surface area contributed by atoms with Gasteiger partial charge in [-0.2, -0.15) is 13.2 Å². The lowest BCUT2D eigenvalue weighted by Gasteiger charge is -2.23. The molecule has 3 aromatic rings. The lowest BCUT2D eigenvalue weighted by molar-refractivity contribution is -0.115. The molecule has 0 amide bonds. The number of hydrogen-bond acceptors (Lipinski definition) is 8. The first kappa shape index (κ1) is 25.7. The molecule has 186 valence electrons. The summed E-state index contributed by atoms with van der Waals surface area (Å²) < 4.78 is 43.1. The highest BCUT2D eigenvalue weighted by Gasteiger charge is 2.27. The van der Waals surface area contributed by atoms with E-state index in [9.17, 15) is 13.2 Å². The number of rotatable bonds is 3. The number of pyridine rings is 1. The van der Waals surface area contributed by atoms with Gasteiger partial charge in [-0.05, 0) is 60.9 Å². The molecule has 2 unspecified atom stereocenters. The zero-order valence-corrected chi connectivity index (χ0v) is 19.6. The summed E-state index contributed by atoms with van der Waals surface area (Å²) in [5.74, 6) is 0.191. The molecular weight excluding hydrogens is 451 g/mol. The van der Waals surface area contributed by atoms with Gasteiger partial charge in [-0.3, -0.25) is 0 Å². The first-order valence-electron chi connectivity index (χ1n) is 11.0. The van der Waals surface area contributed by atoms with Crippen molar-refractivity contribution in [3.05, 3.63) is 29.3 Å². The fourth-order valence-corrected chi connectivity index (χ4v) is 3.74. The van der Waals surface area contributed by atoms with E-state index in [4.69, 9.17) is 20.4 Å². The number of aryl methyl sites for hydroxylation is 1. The predicted octanol–water partition coefficient (Wildman–Crippen LogP) is 4.34. The molecule has 5 N–H and O–H groups in total. The fraction of sp³-hybridized carbons (Fsp3) is 0.522. The number of nitrogens with two attached hydrogens (primary N) is 1. The average molecular weight is 482 g/mol. The number of aliphatic hydroxyl groups excluding tert-OH is 2. The number of fused-ring (bicyclic) bond motifs is 1. The number of aromatic nitrogens is 3. The van der Waals surface area contributed by atoms with E-state index in [0.717, 1.165) is 35.8 Å². The highest BCUT2D eigenvalue weighted by molar-refractivity contribution is 5.90. The largest absolute Gasteiger partial charge is 0.405 e. The Kier molecular flexibility index (Phi) is 7.37. The molecule has 1 saturated carbocycles. The lowest BCUT2D eigenvalue weighted by atomic mass is 9.84. The van der Waals surface area contributed by atoms with Crippen molar-refractivity contribution in [1.82, 2.24) is 15.2 Å². The van der Waals surface area contributed by atoms with E-state index in [1.807, 2.05) is 27.7 Å². The summed E-state index contributed by atoms with van der Waals surface area (Å²) in [6.07, 6.45) is -2.63. The average Bonchev–Trinajstić information content (AvgIpc) is 3.33. The first-order chi connectivity index (χ1) is 15.7. The number of aliphatic hydroxyl groups is 2. The van der Waals surface area contributed by atoms with Crippen LogP contribution in [0.2, 0.25) is 0 Å². The fourth-order valence-electron chi connectivity index (χ4n) is 3.74. The number of nitrogens with zero attached hydrogens (tertiary/aromatic N) is 3. The molecule has 0 saturated heterocycles. The maximum absolute atomic E-state index is 12.6. The lowest BCUT2D eigenvalue weighted by Crippen LogP contribution is -2.22. The molecule has 4 rings (SSSR count). The topological polar surface area (TPSA) is 130 Å². The molecule has 1 aromatic carbocycles. The van der Waals surface area contributed by atoms with Gasteiger partial charge in [-0.25, -0.2) is 4.98 Å². The Hall–Kier alpha value is -2.92. The van der Waals surface area contributed by atoms with Crippen LogP contribution < -0.4 is 11.1 Å². The molecule has 2 aromatic heterocycles. The SMILES string of the molecule is Cc1cc(-c2nnc(N)o2)nc2c(C(C)(C)C)cc(NCC(F)(F)F)cc12.OC1CCCC1O. The van der Waals surface area contributed by atoms with E-state index in [1.54, 1.807) is 18.2 Å². The molecule has 11 heteroatoms. The summed E-state index contributed by atoms with van der Waals surface area (Å²) in [4.78, 5) is 4.63.